The summed E-state index contributed by atoms with van der Waals surface area (Å²) in [5.74, 6) is 0.0684. The molecule has 3 N–H and O–H groups in total. The molecule has 0 aliphatic heterocycles. The highest BCUT2D eigenvalue weighted by Crippen LogP contribution is 2.11. The van der Waals surface area contributed by atoms with Gasteiger partial charge in [-0.15, -0.1) is 23.7 Å². The molecule has 92 valence electrons. The number of halogens is 1. The number of carbonyl (C=O) groups excluding carboxylic acids is 1. The first-order chi connectivity index (χ1) is 7.03. The fourth-order valence-corrected chi connectivity index (χ4v) is 1.89. The predicted octanol–water partition coefficient (Wildman–Crippen LogP) is 1.96. The van der Waals surface area contributed by atoms with Crippen molar-refractivity contribution in [2.24, 2.45) is 5.73 Å². The summed E-state index contributed by atoms with van der Waals surface area (Å²) in [4.78, 5) is 12.8. The van der Waals surface area contributed by atoms with Crippen molar-refractivity contribution in [3.05, 3.63) is 22.4 Å². The van der Waals surface area contributed by atoms with E-state index in [0.717, 1.165) is 6.42 Å². The van der Waals surface area contributed by atoms with Crippen LogP contribution in [0.15, 0.2) is 17.5 Å². The molecule has 0 unspecified atom stereocenters. The Bertz CT molecular complexity index is 312. The molecule has 0 bridgehead atoms. The van der Waals surface area contributed by atoms with Crippen LogP contribution < -0.4 is 11.1 Å². The largest absolute Gasteiger partial charge is 0.350 e. The second-order valence-electron chi connectivity index (χ2n) is 4.22. The van der Waals surface area contributed by atoms with Crippen molar-refractivity contribution in [2.75, 3.05) is 6.54 Å². The molecule has 0 atom stereocenters. The first-order valence-corrected chi connectivity index (χ1v) is 5.95. The molecule has 3 nitrogen and oxygen atoms in total. The summed E-state index contributed by atoms with van der Waals surface area (Å²) in [5, 5.41) is 4.93. The Balaban J connectivity index is 0.00000225. The number of thiophene rings is 1. The van der Waals surface area contributed by atoms with Gasteiger partial charge in [0.15, 0.2) is 0 Å². The zero-order valence-corrected chi connectivity index (χ0v) is 11.3. The number of aryl methyl sites for hydroxylation is 1. The number of hydrogen-bond acceptors (Lipinski definition) is 3. The van der Waals surface area contributed by atoms with Gasteiger partial charge in [0.1, 0.15) is 0 Å². The van der Waals surface area contributed by atoms with Crippen LogP contribution in [0.5, 0.6) is 0 Å². The molecule has 1 rings (SSSR count). The van der Waals surface area contributed by atoms with E-state index in [1.165, 1.54) is 4.88 Å². The van der Waals surface area contributed by atoms with E-state index in [9.17, 15) is 4.79 Å². The number of nitrogens with one attached hydrogen (secondary N) is 1. The van der Waals surface area contributed by atoms with E-state index in [0.29, 0.717) is 13.0 Å². The maximum Gasteiger partial charge on any atom is 0.220 e. The minimum absolute atomic E-state index is 0. The van der Waals surface area contributed by atoms with Gasteiger partial charge < -0.3 is 11.1 Å². The lowest BCUT2D eigenvalue weighted by molar-refractivity contribution is -0.122. The number of rotatable bonds is 5. The minimum atomic E-state index is -0.299. The van der Waals surface area contributed by atoms with Gasteiger partial charge in [0, 0.05) is 23.4 Å². The van der Waals surface area contributed by atoms with Crippen LogP contribution in [0.3, 0.4) is 0 Å². The van der Waals surface area contributed by atoms with Gasteiger partial charge in [-0.1, -0.05) is 6.07 Å². The molecule has 16 heavy (non-hydrogen) atoms. The topological polar surface area (TPSA) is 55.1 Å². The highest BCUT2D eigenvalue weighted by atomic mass is 35.5. The fourth-order valence-electron chi connectivity index (χ4n) is 1.18. The van der Waals surface area contributed by atoms with Gasteiger partial charge in [-0.05, 0) is 31.7 Å². The van der Waals surface area contributed by atoms with Crippen LogP contribution >= 0.6 is 23.7 Å². The van der Waals surface area contributed by atoms with Crippen molar-refractivity contribution in [1.29, 1.82) is 0 Å². The zero-order valence-electron chi connectivity index (χ0n) is 9.66. The molecule has 0 saturated heterocycles. The highest BCUT2D eigenvalue weighted by molar-refractivity contribution is 7.09. The van der Waals surface area contributed by atoms with Gasteiger partial charge in [0.05, 0.1) is 0 Å². The summed E-state index contributed by atoms with van der Waals surface area (Å²) in [6.45, 7) is 4.31. The van der Waals surface area contributed by atoms with E-state index in [1.807, 2.05) is 31.4 Å². The van der Waals surface area contributed by atoms with Gasteiger partial charge in [-0.25, -0.2) is 0 Å². The summed E-state index contributed by atoms with van der Waals surface area (Å²) in [5.41, 5.74) is 5.23. The van der Waals surface area contributed by atoms with Crippen molar-refractivity contribution in [3.63, 3.8) is 0 Å². The zero-order chi connectivity index (χ0) is 11.3. The van der Waals surface area contributed by atoms with Crippen LogP contribution in [0.2, 0.25) is 0 Å². The van der Waals surface area contributed by atoms with Crippen LogP contribution in [0, 0.1) is 0 Å². The smallest absolute Gasteiger partial charge is 0.220 e. The summed E-state index contributed by atoms with van der Waals surface area (Å²) >= 11 is 1.68. The fraction of sp³-hybridized carbons (Fsp3) is 0.545. The third-order valence-electron chi connectivity index (χ3n) is 2.17. The molecule has 1 heterocycles. The van der Waals surface area contributed by atoms with Crippen molar-refractivity contribution >= 4 is 29.7 Å². The highest BCUT2D eigenvalue weighted by Gasteiger charge is 2.17. The van der Waals surface area contributed by atoms with E-state index in [1.54, 1.807) is 11.3 Å². The van der Waals surface area contributed by atoms with Crippen molar-refractivity contribution in [3.8, 4) is 0 Å². The number of hydrogen-bond donors (Lipinski definition) is 2. The molecule has 0 aliphatic carbocycles. The van der Waals surface area contributed by atoms with Crippen molar-refractivity contribution in [2.45, 2.75) is 32.2 Å². The first-order valence-electron chi connectivity index (χ1n) is 5.07. The van der Waals surface area contributed by atoms with Crippen LogP contribution in [-0.2, 0) is 11.2 Å². The lowest BCUT2D eigenvalue weighted by atomic mass is 10.1. The normalized spacial score (nSPS) is 10.7. The van der Waals surface area contributed by atoms with E-state index < -0.39 is 0 Å². The van der Waals surface area contributed by atoms with Crippen LogP contribution in [0.1, 0.15) is 25.1 Å². The Morgan fingerprint density at radius 1 is 1.56 bits per heavy atom. The standard InChI is InChI=1S/C11H18N2OS.ClH/c1-11(2,8-12)13-10(14)6-5-9-4-3-7-15-9;/h3-4,7H,5-6,8,12H2,1-2H3,(H,13,14);1H. The maximum atomic E-state index is 11.6. The second-order valence-corrected chi connectivity index (χ2v) is 5.25. The Kier molecular flexibility index (Phi) is 6.64. The number of carbonyl (C=O) groups is 1. The van der Waals surface area contributed by atoms with Gasteiger partial charge in [-0.3, -0.25) is 4.79 Å². The summed E-state index contributed by atoms with van der Waals surface area (Å²) in [7, 11) is 0. The SMILES string of the molecule is CC(C)(CN)NC(=O)CCc1cccs1.Cl. The summed E-state index contributed by atoms with van der Waals surface area (Å²) in [6.07, 6.45) is 1.34. The molecule has 0 fully saturated rings. The predicted molar refractivity (Wildman–Crippen MR) is 71.2 cm³/mol. The Hall–Kier alpha value is -0.580. The van der Waals surface area contributed by atoms with E-state index in [-0.39, 0.29) is 23.9 Å². The Morgan fingerprint density at radius 2 is 2.25 bits per heavy atom. The molecular weight excluding hydrogens is 244 g/mol. The molecular formula is C11H19ClN2OS. The second kappa shape index (κ2) is 6.89. The van der Waals surface area contributed by atoms with Gasteiger partial charge >= 0.3 is 0 Å². The number of nitrogens with two attached hydrogens (primary N) is 1. The number of amides is 1. The summed E-state index contributed by atoms with van der Waals surface area (Å²) in [6, 6.07) is 4.05. The third-order valence-corrected chi connectivity index (χ3v) is 3.10. The Morgan fingerprint density at radius 3 is 2.75 bits per heavy atom. The molecule has 0 spiro atoms. The van der Waals surface area contributed by atoms with Crippen LogP contribution in [-0.4, -0.2) is 18.0 Å². The average Bonchev–Trinajstić information content (AvgIpc) is 2.66. The first kappa shape index (κ1) is 15.4. The Labute approximate surface area is 107 Å². The quantitative estimate of drug-likeness (QED) is 0.852. The van der Waals surface area contributed by atoms with Gasteiger partial charge in [-0.2, -0.15) is 0 Å². The lowest BCUT2D eigenvalue weighted by Crippen LogP contribution is -2.48. The summed E-state index contributed by atoms with van der Waals surface area (Å²) < 4.78 is 0. The van der Waals surface area contributed by atoms with Gasteiger partial charge in [0.25, 0.3) is 0 Å². The van der Waals surface area contributed by atoms with Gasteiger partial charge in [0.2, 0.25) is 5.91 Å². The molecule has 0 radical (unpaired) electrons. The molecule has 1 amide bonds. The molecule has 0 aliphatic rings. The molecule has 1 aromatic heterocycles. The minimum Gasteiger partial charge on any atom is -0.350 e. The lowest BCUT2D eigenvalue weighted by Gasteiger charge is -2.24. The third kappa shape index (κ3) is 5.49. The van der Waals surface area contributed by atoms with E-state index in [4.69, 9.17) is 5.73 Å². The molecule has 1 aromatic rings. The monoisotopic (exact) mass is 262 g/mol. The van der Waals surface area contributed by atoms with Crippen molar-refractivity contribution in [1.82, 2.24) is 5.32 Å². The molecule has 0 saturated carbocycles. The average molecular weight is 263 g/mol. The van der Waals surface area contributed by atoms with E-state index in [2.05, 4.69) is 5.32 Å². The van der Waals surface area contributed by atoms with Crippen LogP contribution in [0.4, 0.5) is 0 Å². The molecule has 0 aromatic carbocycles. The maximum absolute atomic E-state index is 11.6. The van der Waals surface area contributed by atoms with Crippen LogP contribution in [0.25, 0.3) is 0 Å². The van der Waals surface area contributed by atoms with Crippen molar-refractivity contribution < 1.29 is 4.79 Å². The molecule has 5 heteroatoms. The van der Waals surface area contributed by atoms with E-state index >= 15 is 0 Å².